The molecule has 0 atom stereocenters. The number of aromatic nitrogens is 1. The van der Waals surface area contributed by atoms with Gasteiger partial charge in [-0.15, -0.1) is 0 Å². The van der Waals surface area contributed by atoms with Crippen molar-refractivity contribution in [2.75, 3.05) is 25.2 Å². The minimum atomic E-state index is 0.483. The number of hydrogen-bond acceptors (Lipinski definition) is 3. The first kappa shape index (κ1) is 14.3. The van der Waals surface area contributed by atoms with Crippen LogP contribution in [0.15, 0.2) is 18.2 Å². The van der Waals surface area contributed by atoms with Crippen molar-refractivity contribution in [1.29, 1.82) is 0 Å². The van der Waals surface area contributed by atoms with Crippen LogP contribution < -0.4 is 4.90 Å². The molecule has 0 aliphatic heterocycles. The van der Waals surface area contributed by atoms with Crippen molar-refractivity contribution >= 4 is 17.4 Å². The van der Waals surface area contributed by atoms with E-state index in [0.717, 1.165) is 25.2 Å². The molecule has 0 bridgehead atoms. The van der Waals surface area contributed by atoms with E-state index in [-0.39, 0.29) is 0 Å². The molecule has 1 heterocycles. The number of halogens is 1. The molecule has 0 unspecified atom stereocenters. The Labute approximate surface area is 109 Å². The minimum Gasteiger partial charge on any atom is -0.383 e. The van der Waals surface area contributed by atoms with Crippen LogP contribution in [0, 0.1) is 0 Å². The minimum absolute atomic E-state index is 0.483. The molecule has 0 saturated heterocycles. The number of ether oxygens (including phenoxy) is 1. The summed E-state index contributed by atoms with van der Waals surface area (Å²) in [6.07, 6.45) is 2.18. The molecule has 17 heavy (non-hydrogen) atoms. The number of nitrogens with zero attached hydrogens (tertiary/aromatic N) is 2. The summed E-state index contributed by atoms with van der Waals surface area (Å²) < 4.78 is 5.16. The molecule has 1 rings (SSSR count). The molecule has 0 radical (unpaired) electrons. The van der Waals surface area contributed by atoms with E-state index in [1.807, 2.05) is 12.1 Å². The Morgan fingerprint density at radius 2 is 2.06 bits per heavy atom. The van der Waals surface area contributed by atoms with Crippen molar-refractivity contribution < 1.29 is 4.74 Å². The van der Waals surface area contributed by atoms with Crippen molar-refractivity contribution in [3.8, 4) is 0 Å². The first-order chi connectivity index (χ1) is 8.22. The third-order valence-corrected chi connectivity index (χ3v) is 3.12. The molecule has 0 saturated carbocycles. The van der Waals surface area contributed by atoms with Crippen LogP contribution in [-0.2, 0) is 4.74 Å². The molecule has 0 amide bonds. The lowest BCUT2D eigenvalue weighted by Crippen LogP contribution is -2.37. The SMILES string of the molecule is CCC(CC)N(CCOC)c1cccc(Cl)n1. The van der Waals surface area contributed by atoms with Crippen LogP contribution in [0.4, 0.5) is 5.82 Å². The van der Waals surface area contributed by atoms with Gasteiger partial charge >= 0.3 is 0 Å². The van der Waals surface area contributed by atoms with E-state index in [0.29, 0.717) is 17.8 Å². The van der Waals surface area contributed by atoms with Crippen molar-refractivity contribution in [2.45, 2.75) is 32.7 Å². The van der Waals surface area contributed by atoms with Gasteiger partial charge in [-0.05, 0) is 25.0 Å². The van der Waals surface area contributed by atoms with E-state index in [9.17, 15) is 0 Å². The van der Waals surface area contributed by atoms with Gasteiger partial charge in [-0.2, -0.15) is 0 Å². The molecule has 4 heteroatoms. The Kier molecular flexibility index (Phi) is 6.30. The smallest absolute Gasteiger partial charge is 0.131 e. The quantitative estimate of drug-likeness (QED) is 0.700. The molecule has 1 aromatic heterocycles. The number of rotatable bonds is 7. The average molecular weight is 257 g/mol. The number of hydrogen-bond donors (Lipinski definition) is 0. The van der Waals surface area contributed by atoms with Crippen LogP contribution in [-0.4, -0.2) is 31.3 Å². The molecule has 0 aliphatic carbocycles. The Morgan fingerprint density at radius 3 is 2.59 bits per heavy atom. The second-order valence-corrected chi connectivity index (χ2v) is 4.36. The lowest BCUT2D eigenvalue weighted by atomic mass is 10.1. The zero-order chi connectivity index (χ0) is 12.7. The van der Waals surface area contributed by atoms with E-state index in [1.54, 1.807) is 13.2 Å². The summed E-state index contributed by atoms with van der Waals surface area (Å²) in [6.45, 7) is 5.93. The number of pyridine rings is 1. The molecular formula is C13H21ClN2O. The van der Waals surface area contributed by atoms with Gasteiger partial charge in [0.15, 0.2) is 0 Å². The Balaban J connectivity index is 2.88. The lowest BCUT2D eigenvalue weighted by molar-refractivity contribution is 0.202. The molecule has 1 aromatic rings. The van der Waals surface area contributed by atoms with Gasteiger partial charge in [0, 0.05) is 19.7 Å². The Hall–Kier alpha value is -0.800. The van der Waals surface area contributed by atoms with Crippen LogP contribution >= 0.6 is 11.6 Å². The maximum atomic E-state index is 5.94. The third-order valence-electron chi connectivity index (χ3n) is 2.91. The van der Waals surface area contributed by atoms with Crippen LogP contribution in [0.25, 0.3) is 0 Å². The van der Waals surface area contributed by atoms with Gasteiger partial charge in [-0.25, -0.2) is 4.98 Å². The molecular weight excluding hydrogens is 236 g/mol. The monoisotopic (exact) mass is 256 g/mol. The van der Waals surface area contributed by atoms with E-state index >= 15 is 0 Å². The zero-order valence-electron chi connectivity index (χ0n) is 10.8. The van der Waals surface area contributed by atoms with Gasteiger partial charge in [-0.3, -0.25) is 0 Å². The van der Waals surface area contributed by atoms with Crippen molar-refractivity contribution in [3.63, 3.8) is 0 Å². The van der Waals surface area contributed by atoms with Crippen LogP contribution in [0.3, 0.4) is 0 Å². The maximum absolute atomic E-state index is 5.94. The number of methoxy groups -OCH3 is 1. The highest BCUT2D eigenvalue weighted by molar-refractivity contribution is 6.29. The van der Waals surface area contributed by atoms with Crippen molar-refractivity contribution in [3.05, 3.63) is 23.4 Å². The van der Waals surface area contributed by atoms with Gasteiger partial charge in [0.05, 0.1) is 6.61 Å². The van der Waals surface area contributed by atoms with E-state index in [2.05, 4.69) is 23.7 Å². The molecule has 0 N–H and O–H groups in total. The van der Waals surface area contributed by atoms with Crippen molar-refractivity contribution in [2.24, 2.45) is 0 Å². The topological polar surface area (TPSA) is 25.4 Å². The van der Waals surface area contributed by atoms with Gasteiger partial charge in [0.1, 0.15) is 11.0 Å². The first-order valence-corrected chi connectivity index (χ1v) is 6.48. The van der Waals surface area contributed by atoms with E-state index < -0.39 is 0 Å². The van der Waals surface area contributed by atoms with Crippen molar-refractivity contribution in [1.82, 2.24) is 4.98 Å². The van der Waals surface area contributed by atoms with Crippen LogP contribution in [0.2, 0.25) is 5.15 Å². The second kappa shape index (κ2) is 7.51. The average Bonchev–Trinajstić information content (AvgIpc) is 2.34. The van der Waals surface area contributed by atoms with E-state index in [4.69, 9.17) is 16.3 Å². The molecule has 0 aromatic carbocycles. The normalized spacial score (nSPS) is 10.9. The predicted octanol–water partition coefficient (Wildman–Crippen LogP) is 3.38. The summed E-state index contributed by atoms with van der Waals surface area (Å²) in [6, 6.07) is 6.22. The standard InChI is InChI=1S/C13H21ClN2O/c1-4-11(5-2)16(9-10-17-3)13-8-6-7-12(14)15-13/h6-8,11H,4-5,9-10H2,1-3H3. The highest BCUT2D eigenvalue weighted by atomic mass is 35.5. The summed E-state index contributed by atoms with van der Waals surface area (Å²) in [5, 5.41) is 0.538. The lowest BCUT2D eigenvalue weighted by Gasteiger charge is -2.31. The van der Waals surface area contributed by atoms with E-state index in [1.165, 1.54) is 0 Å². The van der Waals surface area contributed by atoms with Gasteiger partial charge in [0.2, 0.25) is 0 Å². The highest BCUT2D eigenvalue weighted by Gasteiger charge is 2.16. The second-order valence-electron chi connectivity index (χ2n) is 3.98. The Bertz CT molecular complexity index is 329. The summed E-state index contributed by atoms with van der Waals surface area (Å²) in [4.78, 5) is 6.65. The zero-order valence-corrected chi connectivity index (χ0v) is 11.6. The molecule has 0 spiro atoms. The summed E-state index contributed by atoms with van der Waals surface area (Å²) in [5.74, 6) is 0.934. The van der Waals surface area contributed by atoms with Gasteiger partial charge < -0.3 is 9.64 Å². The molecule has 3 nitrogen and oxygen atoms in total. The molecule has 96 valence electrons. The summed E-state index contributed by atoms with van der Waals surface area (Å²) >= 11 is 5.94. The fourth-order valence-electron chi connectivity index (χ4n) is 1.96. The third kappa shape index (κ3) is 4.17. The van der Waals surface area contributed by atoms with Gasteiger partial charge in [0.25, 0.3) is 0 Å². The fraction of sp³-hybridized carbons (Fsp3) is 0.615. The van der Waals surface area contributed by atoms with Gasteiger partial charge in [-0.1, -0.05) is 31.5 Å². The van der Waals surface area contributed by atoms with Crippen LogP contribution in [0.1, 0.15) is 26.7 Å². The summed E-state index contributed by atoms with van der Waals surface area (Å²) in [5.41, 5.74) is 0. The predicted molar refractivity (Wildman–Crippen MR) is 72.8 cm³/mol. The fourth-order valence-corrected chi connectivity index (χ4v) is 2.12. The highest BCUT2D eigenvalue weighted by Crippen LogP contribution is 2.19. The van der Waals surface area contributed by atoms with Crippen LogP contribution in [0.5, 0.6) is 0 Å². The largest absolute Gasteiger partial charge is 0.383 e. The first-order valence-electron chi connectivity index (χ1n) is 6.11. The maximum Gasteiger partial charge on any atom is 0.131 e. The molecule has 0 fully saturated rings. The molecule has 0 aliphatic rings. The number of anilines is 1. The Morgan fingerprint density at radius 1 is 1.35 bits per heavy atom. The summed E-state index contributed by atoms with van der Waals surface area (Å²) in [7, 11) is 1.72.